The Kier molecular flexibility index (Phi) is 4.62. The zero-order chi connectivity index (χ0) is 11.9. The van der Waals surface area contributed by atoms with Crippen molar-refractivity contribution in [1.29, 1.82) is 0 Å². The lowest BCUT2D eigenvalue weighted by molar-refractivity contribution is 0.272. The molecule has 1 fully saturated rings. The summed E-state index contributed by atoms with van der Waals surface area (Å²) < 4.78 is 0. The first-order chi connectivity index (χ1) is 8.38. The van der Waals surface area contributed by atoms with Gasteiger partial charge in [0.1, 0.15) is 11.6 Å². The van der Waals surface area contributed by atoms with Crippen LogP contribution in [0, 0.1) is 0 Å². The standard InChI is InChI=1S/C13H22N4/c1-2-9-14-12-7-6-8-13(15-12)16-17-10-4-3-5-11-17/h6-8H,2-5,9-11H2,1H3,(H2,14,15,16). The smallest absolute Gasteiger partial charge is 0.142 e. The molecule has 94 valence electrons. The molecule has 1 saturated heterocycles. The van der Waals surface area contributed by atoms with E-state index in [1.165, 1.54) is 19.3 Å². The summed E-state index contributed by atoms with van der Waals surface area (Å²) >= 11 is 0. The second-order valence-corrected chi connectivity index (χ2v) is 4.49. The molecule has 2 heterocycles. The summed E-state index contributed by atoms with van der Waals surface area (Å²) in [5.74, 6) is 1.89. The average molecular weight is 234 g/mol. The lowest BCUT2D eigenvalue weighted by Gasteiger charge is -2.27. The first-order valence-electron chi connectivity index (χ1n) is 6.61. The Hall–Kier alpha value is -1.29. The summed E-state index contributed by atoms with van der Waals surface area (Å²) in [7, 11) is 0. The maximum Gasteiger partial charge on any atom is 0.142 e. The zero-order valence-electron chi connectivity index (χ0n) is 10.6. The molecule has 1 aliphatic heterocycles. The summed E-state index contributed by atoms with van der Waals surface area (Å²) in [5, 5.41) is 5.56. The number of hydrogen-bond donors (Lipinski definition) is 2. The normalized spacial score (nSPS) is 16.8. The highest BCUT2D eigenvalue weighted by Crippen LogP contribution is 2.13. The summed E-state index contributed by atoms with van der Waals surface area (Å²) in [6, 6.07) is 6.07. The molecule has 0 bridgehead atoms. The van der Waals surface area contributed by atoms with Gasteiger partial charge in [-0.05, 0) is 31.4 Å². The lowest BCUT2D eigenvalue weighted by Crippen LogP contribution is -2.35. The summed E-state index contributed by atoms with van der Waals surface area (Å²) in [5.41, 5.74) is 3.38. The molecule has 2 N–H and O–H groups in total. The predicted molar refractivity (Wildman–Crippen MR) is 72.1 cm³/mol. The largest absolute Gasteiger partial charge is 0.370 e. The number of pyridine rings is 1. The number of nitrogens with zero attached hydrogens (tertiary/aromatic N) is 2. The van der Waals surface area contributed by atoms with Gasteiger partial charge in [0.25, 0.3) is 0 Å². The SMILES string of the molecule is CCCNc1cccc(NN2CCCCC2)n1. The third-order valence-electron chi connectivity index (χ3n) is 2.93. The van der Waals surface area contributed by atoms with Crippen LogP contribution in [0.3, 0.4) is 0 Å². The van der Waals surface area contributed by atoms with Crippen LogP contribution in [-0.2, 0) is 0 Å². The predicted octanol–water partition coefficient (Wildman–Crippen LogP) is 2.72. The van der Waals surface area contributed by atoms with Gasteiger partial charge in [-0.3, -0.25) is 0 Å². The summed E-state index contributed by atoms with van der Waals surface area (Å²) in [4.78, 5) is 4.54. The average Bonchev–Trinajstić information content (AvgIpc) is 2.38. The van der Waals surface area contributed by atoms with Crippen LogP contribution in [-0.4, -0.2) is 29.6 Å². The van der Waals surface area contributed by atoms with Gasteiger partial charge in [0.15, 0.2) is 0 Å². The lowest BCUT2D eigenvalue weighted by atomic mass is 10.2. The van der Waals surface area contributed by atoms with E-state index in [1.54, 1.807) is 0 Å². The van der Waals surface area contributed by atoms with E-state index in [-0.39, 0.29) is 0 Å². The van der Waals surface area contributed by atoms with E-state index >= 15 is 0 Å². The fourth-order valence-corrected chi connectivity index (χ4v) is 2.02. The maximum absolute atomic E-state index is 4.54. The molecule has 0 radical (unpaired) electrons. The molecule has 4 heteroatoms. The summed E-state index contributed by atoms with van der Waals surface area (Å²) in [6.45, 7) is 5.37. The van der Waals surface area contributed by atoms with Crippen LogP contribution in [0.25, 0.3) is 0 Å². The minimum absolute atomic E-state index is 0.938. The number of aromatic nitrogens is 1. The number of piperidine rings is 1. The minimum Gasteiger partial charge on any atom is -0.370 e. The molecule has 0 saturated carbocycles. The fourth-order valence-electron chi connectivity index (χ4n) is 2.02. The van der Waals surface area contributed by atoms with Crippen molar-refractivity contribution in [3.8, 4) is 0 Å². The third-order valence-corrected chi connectivity index (χ3v) is 2.93. The Morgan fingerprint density at radius 3 is 2.71 bits per heavy atom. The highest BCUT2D eigenvalue weighted by atomic mass is 15.5. The van der Waals surface area contributed by atoms with Crippen molar-refractivity contribution in [2.75, 3.05) is 30.4 Å². The van der Waals surface area contributed by atoms with Crippen molar-refractivity contribution in [2.24, 2.45) is 0 Å². The Morgan fingerprint density at radius 1 is 1.18 bits per heavy atom. The maximum atomic E-state index is 4.54. The molecule has 2 rings (SSSR count). The van der Waals surface area contributed by atoms with Crippen molar-refractivity contribution >= 4 is 11.6 Å². The molecule has 0 atom stereocenters. The van der Waals surface area contributed by atoms with Crippen LogP contribution in [0.4, 0.5) is 11.6 Å². The van der Waals surface area contributed by atoms with Gasteiger partial charge in [-0.15, -0.1) is 0 Å². The van der Waals surface area contributed by atoms with E-state index in [1.807, 2.05) is 18.2 Å². The zero-order valence-corrected chi connectivity index (χ0v) is 10.6. The monoisotopic (exact) mass is 234 g/mol. The number of hydrogen-bond acceptors (Lipinski definition) is 4. The Balaban J connectivity index is 1.90. The van der Waals surface area contributed by atoms with Crippen molar-refractivity contribution in [1.82, 2.24) is 9.99 Å². The molecule has 4 nitrogen and oxygen atoms in total. The highest BCUT2D eigenvalue weighted by molar-refractivity contribution is 5.44. The van der Waals surface area contributed by atoms with Gasteiger partial charge in [-0.25, -0.2) is 9.99 Å². The van der Waals surface area contributed by atoms with Gasteiger partial charge in [0.2, 0.25) is 0 Å². The number of anilines is 2. The Bertz CT molecular complexity index is 334. The van der Waals surface area contributed by atoms with Gasteiger partial charge in [0.05, 0.1) is 0 Å². The molecule has 0 amide bonds. The number of nitrogens with one attached hydrogen (secondary N) is 2. The van der Waals surface area contributed by atoms with Gasteiger partial charge in [-0.2, -0.15) is 0 Å². The first-order valence-corrected chi connectivity index (χ1v) is 6.61. The van der Waals surface area contributed by atoms with E-state index < -0.39 is 0 Å². The van der Waals surface area contributed by atoms with Gasteiger partial charge < -0.3 is 10.7 Å². The highest BCUT2D eigenvalue weighted by Gasteiger charge is 2.09. The van der Waals surface area contributed by atoms with Crippen molar-refractivity contribution in [2.45, 2.75) is 32.6 Å². The minimum atomic E-state index is 0.938. The van der Waals surface area contributed by atoms with E-state index in [2.05, 4.69) is 27.7 Å². The van der Waals surface area contributed by atoms with Crippen molar-refractivity contribution < 1.29 is 0 Å². The van der Waals surface area contributed by atoms with Crippen LogP contribution in [0.15, 0.2) is 18.2 Å². The van der Waals surface area contributed by atoms with Crippen molar-refractivity contribution in [3.63, 3.8) is 0 Å². The topological polar surface area (TPSA) is 40.2 Å². The van der Waals surface area contributed by atoms with E-state index in [0.29, 0.717) is 0 Å². The van der Waals surface area contributed by atoms with E-state index in [4.69, 9.17) is 0 Å². The van der Waals surface area contributed by atoms with E-state index in [9.17, 15) is 0 Å². The molecule has 17 heavy (non-hydrogen) atoms. The Labute approximate surface area is 103 Å². The molecule has 0 aliphatic carbocycles. The quantitative estimate of drug-likeness (QED) is 0.822. The van der Waals surface area contributed by atoms with Crippen LogP contribution >= 0.6 is 0 Å². The number of hydrazine groups is 1. The third kappa shape index (κ3) is 3.89. The summed E-state index contributed by atoms with van der Waals surface area (Å²) in [6.07, 6.45) is 5.02. The molecule has 1 aromatic heterocycles. The second-order valence-electron chi connectivity index (χ2n) is 4.49. The molecule has 0 unspecified atom stereocenters. The van der Waals surface area contributed by atoms with Crippen LogP contribution in [0.2, 0.25) is 0 Å². The van der Waals surface area contributed by atoms with Gasteiger partial charge in [-0.1, -0.05) is 19.4 Å². The van der Waals surface area contributed by atoms with E-state index in [0.717, 1.165) is 37.7 Å². The molecular weight excluding hydrogens is 212 g/mol. The molecule has 0 aromatic carbocycles. The molecular formula is C13H22N4. The van der Waals surface area contributed by atoms with Crippen LogP contribution in [0.1, 0.15) is 32.6 Å². The van der Waals surface area contributed by atoms with Crippen LogP contribution in [0.5, 0.6) is 0 Å². The number of rotatable bonds is 5. The first kappa shape index (κ1) is 12.2. The van der Waals surface area contributed by atoms with Crippen LogP contribution < -0.4 is 10.7 Å². The molecule has 0 spiro atoms. The Morgan fingerprint density at radius 2 is 1.94 bits per heavy atom. The van der Waals surface area contributed by atoms with Gasteiger partial charge >= 0.3 is 0 Å². The molecule has 1 aliphatic rings. The van der Waals surface area contributed by atoms with Gasteiger partial charge in [0, 0.05) is 19.6 Å². The van der Waals surface area contributed by atoms with Crippen molar-refractivity contribution in [3.05, 3.63) is 18.2 Å². The second kappa shape index (κ2) is 6.45. The molecule has 1 aromatic rings. The fraction of sp³-hybridized carbons (Fsp3) is 0.615.